The number of fused-ring (bicyclic) bond motifs is 7. The fourth-order valence-corrected chi connectivity index (χ4v) is 13.2. The minimum Gasteiger partial charge on any atom is -0.481 e. The van der Waals surface area contributed by atoms with Gasteiger partial charge in [0.1, 0.15) is 6.10 Å². The van der Waals surface area contributed by atoms with Gasteiger partial charge in [-0.25, -0.2) is 0 Å². The van der Waals surface area contributed by atoms with Crippen molar-refractivity contribution in [3.05, 3.63) is 11.1 Å². The maximum absolute atomic E-state index is 14.1. The van der Waals surface area contributed by atoms with Crippen molar-refractivity contribution in [3.8, 4) is 0 Å². The number of hydrogen-bond acceptors (Lipinski definition) is 6. The fraction of sp³-hybridized carbons (Fsp3) is 0.864. The Balaban J connectivity index is 1.23. The predicted molar refractivity (Wildman–Crippen MR) is 203 cm³/mol. The second-order valence-electron chi connectivity index (χ2n) is 20.8. The number of Topliss-reactive ketones (excluding diaryl/α,β-unsaturated/α-hetero) is 1. The molecule has 1 N–H and O–H groups in total. The Hall–Kier alpha value is -2.22. The van der Waals surface area contributed by atoms with E-state index in [0.29, 0.717) is 48.3 Å². The Kier molecular flexibility index (Phi) is 10.5. The molecule has 0 aromatic heterocycles. The van der Waals surface area contributed by atoms with Crippen LogP contribution in [-0.2, 0) is 23.9 Å². The molecule has 5 fully saturated rings. The van der Waals surface area contributed by atoms with Gasteiger partial charge < -0.3 is 14.7 Å². The number of carboxylic acid groups (broad SMARTS) is 1. The standard InChI is InChI=1S/C44H70N2O6/c1-27(2)37-31(47)23-44(21-22-46(25-28-11-12-28)26-35(48)45(9)10)20-15-30-29(38(37)44)13-14-33-42(30,7)18-16-32-41(5,6)34(17-19-43(32,33)8)52-36(49)24-40(3,4)39(50)51/h27-30,32-34H,11-26H2,1-10H3,(H,50,51). The Bertz CT molecular complexity index is 1470. The van der Waals surface area contributed by atoms with Crippen molar-refractivity contribution in [1.82, 2.24) is 9.80 Å². The zero-order valence-corrected chi connectivity index (χ0v) is 34.2. The summed E-state index contributed by atoms with van der Waals surface area (Å²) in [5.41, 5.74) is 1.55. The van der Waals surface area contributed by atoms with Crippen LogP contribution in [0.3, 0.4) is 0 Å². The number of carboxylic acids is 1. The van der Waals surface area contributed by atoms with Crippen LogP contribution in [0.1, 0.15) is 139 Å². The van der Waals surface area contributed by atoms with E-state index in [1.165, 1.54) is 31.3 Å². The minimum absolute atomic E-state index is 0.0791. The molecule has 6 aliphatic rings. The first-order valence-electron chi connectivity index (χ1n) is 20.8. The summed E-state index contributed by atoms with van der Waals surface area (Å²) in [6, 6.07) is 0. The second kappa shape index (κ2) is 13.8. The molecule has 0 radical (unpaired) electrons. The normalized spacial score (nSPS) is 36.9. The molecule has 0 bridgehead atoms. The molecule has 5 saturated carbocycles. The number of likely N-dealkylation sites (N-methyl/N-ethyl adjacent to an activating group) is 1. The lowest BCUT2D eigenvalue weighted by molar-refractivity contribution is -0.214. The molecule has 292 valence electrons. The van der Waals surface area contributed by atoms with Crippen LogP contribution in [0.15, 0.2) is 11.1 Å². The van der Waals surface area contributed by atoms with Crippen LogP contribution in [0, 0.1) is 62.6 Å². The quantitative estimate of drug-likeness (QED) is 0.203. The number of hydrogen-bond donors (Lipinski definition) is 1. The minimum atomic E-state index is -1.15. The molecule has 0 aromatic rings. The van der Waals surface area contributed by atoms with Crippen molar-refractivity contribution in [2.75, 3.05) is 33.7 Å². The summed E-state index contributed by atoms with van der Waals surface area (Å²) in [6.45, 7) is 19.7. The summed E-state index contributed by atoms with van der Waals surface area (Å²) in [5, 5.41) is 9.60. The van der Waals surface area contributed by atoms with Crippen LogP contribution in [0.4, 0.5) is 0 Å². The van der Waals surface area contributed by atoms with Crippen LogP contribution in [0.5, 0.6) is 0 Å². The molecule has 8 nitrogen and oxygen atoms in total. The van der Waals surface area contributed by atoms with Crippen molar-refractivity contribution < 1.29 is 29.0 Å². The molecule has 0 saturated heterocycles. The lowest BCUT2D eigenvalue weighted by atomic mass is 9.36. The highest BCUT2D eigenvalue weighted by Crippen LogP contribution is 2.73. The van der Waals surface area contributed by atoms with Crippen LogP contribution in [0.2, 0.25) is 0 Å². The van der Waals surface area contributed by atoms with E-state index in [9.17, 15) is 24.3 Å². The van der Waals surface area contributed by atoms with E-state index >= 15 is 0 Å². The Morgan fingerprint density at radius 1 is 0.904 bits per heavy atom. The highest BCUT2D eigenvalue weighted by molar-refractivity contribution is 6.00. The van der Waals surface area contributed by atoms with Crippen molar-refractivity contribution in [3.63, 3.8) is 0 Å². The molecular formula is C44H70N2O6. The molecule has 0 aromatic carbocycles. The van der Waals surface area contributed by atoms with E-state index in [-0.39, 0.29) is 46.0 Å². The average molecular weight is 723 g/mol. The Morgan fingerprint density at radius 2 is 1.58 bits per heavy atom. The van der Waals surface area contributed by atoms with Gasteiger partial charge in [-0.05, 0) is 143 Å². The van der Waals surface area contributed by atoms with Gasteiger partial charge in [0.15, 0.2) is 5.78 Å². The number of aliphatic carboxylic acids is 1. The van der Waals surface area contributed by atoms with Gasteiger partial charge >= 0.3 is 11.9 Å². The van der Waals surface area contributed by atoms with Gasteiger partial charge in [0.25, 0.3) is 0 Å². The second-order valence-corrected chi connectivity index (χ2v) is 20.8. The molecule has 8 heteroatoms. The number of allylic oxidation sites excluding steroid dienone is 2. The lowest BCUT2D eigenvalue weighted by Crippen LogP contribution is -2.63. The van der Waals surface area contributed by atoms with Crippen LogP contribution in [0.25, 0.3) is 0 Å². The van der Waals surface area contributed by atoms with Crippen molar-refractivity contribution >= 4 is 23.6 Å². The highest BCUT2D eigenvalue weighted by atomic mass is 16.5. The molecule has 0 heterocycles. The molecular weight excluding hydrogens is 652 g/mol. The van der Waals surface area contributed by atoms with Gasteiger partial charge in [-0.1, -0.05) is 47.1 Å². The highest BCUT2D eigenvalue weighted by Gasteiger charge is 2.66. The number of amides is 1. The third-order valence-corrected chi connectivity index (χ3v) is 16.1. The first-order valence-corrected chi connectivity index (χ1v) is 20.8. The van der Waals surface area contributed by atoms with Gasteiger partial charge in [-0.15, -0.1) is 0 Å². The fourth-order valence-electron chi connectivity index (χ4n) is 13.2. The van der Waals surface area contributed by atoms with E-state index < -0.39 is 17.4 Å². The molecule has 1 amide bonds. The van der Waals surface area contributed by atoms with Gasteiger partial charge in [-0.2, -0.15) is 0 Å². The zero-order valence-electron chi connectivity index (χ0n) is 34.2. The summed E-state index contributed by atoms with van der Waals surface area (Å²) in [6.07, 6.45) is 12.4. The van der Waals surface area contributed by atoms with Crippen molar-refractivity contribution in [2.45, 2.75) is 145 Å². The van der Waals surface area contributed by atoms with Gasteiger partial charge in [0, 0.05) is 37.9 Å². The molecule has 0 spiro atoms. The van der Waals surface area contributed by atoms with Crippen molar-refractivity contribution in [1.29, 1.82) is 0 Å². The number of ketones is 1. The van der Waals surface area contributed by atoms with Gasteiger partial charge in [0.2, 0.25) is 5.91 Å². The smallest absolute Gasteiger partial charge is 0.309 e. The summed E-state index contributed by atoms with van der Waals surface area (Å²) in [4.78, 5) is 55.8. The number of nitrogens with zero attached hydrogens (tertiary/aromatic N) is 2. The summed E-state index contributed by atoms with van der Waals surface area (Å²) < 4.78 is 6.17. The third-order valence-electron chi connectivity index (χ3n) is 16.1. The number of carbonyl (C=O) groups excluding carboxylic acids is 3. The van der Waals surface area contributed by atoms with Crippen LogP contribution < -0.4 is 0 Å². The lowest BCUT2D eigenvalue weighted by Gasteiger charge is -2.69. The Labute approximate surface area is 314 Å². The predicted octanol–water partition coefficient (Wildman–Crippen LogP) is 8.18. The van der Waals surface area contributed by atoms with E-state index in [2.05, 4.69) is 46.4 Å². The first kappa shape index (κ1) is 39.5. The SMILES string of the molecule is CC(C)C1=C2C3CCC4C(C)(CCC5C(C)(C)C(OC(=O)CC(C)(C)C(=O)O)CCC54C)C3CCC2(CCN(CC(=O)N(C)C)CC2CC2)CC1=O. The van der Waals surface area contributed by atoms with E-state index in [0.717, 1.165) is 63.6 Å². The van der Waals surface area contributed by atoms with Crippen molar-refractivity contribution in [2.24, 2.45) is 62.6 Å². The van der Waals surface area contributed by atoms with Crippen LogP contribution in [-0.4, -0.2) is 78.4 Å². The summed E-state index contributed by atoms with van der Waals surface area (Å²) >= 11 is 0. The van der Waals surface area contributed by atoms with E-state index in [1.54, 1.807) is 18.7 Å². The topological polar surface area (TPSA) is 104 Å². The summed E-state index contributed by atoms with van der Waals surface area (Å²) in [5.74, 6) is 2.08. The number of carbonyl (C=O) groups is 4. The molecule has 8 unspecified atom stereocenters. The van der Waals surface area contributed by atoms with E-state index in [4.69, 9.17) is 4.74 Å². The van der Waals surface area contributed by atoms with Gasteiger partial charge in [0.05, 0.1) is 18.4 Å². The van der Waals surface area contributed by atoms with Gasteiger partial charge in [-0.3, -0.25) is 24.1 Å². The zero-order chi connectivity index (χ0) is 38.2. The molecule has 52 heavy (non-hydrogen) atoms. The average Bonchev–Trinajstić information content (AvgIpc) is 3.79. The first-order chi connectivity index (χ1) is 24.2. The Morgan fingerprint density at radius 3 is 2.19 bits per heavy atom. The maximum atomic E-state index is 14.1. The molecule has 0 aliphatic heterocycles. The number of ether oxygens (including phenoxy) is 1. The van der Waals surface area contributed by atoms with Crippen LogP contribution >= 0.6 is 0 Å². The largest absolute Gasteiger partial charge is 0.481 e. The molecule has 8 atom stereocenters. The maximum Gasteiger partial charge on any atom is 0.309 e. The van der Waals surface area contributed by atoms with E-state index in [1.807, 2.05) is 14.1 Å². The molecule has 6 rings (SSSR count). The monoisotopic (exact) mass is 723 g/mol. The third kappa shape index (κ3) is 6.82. The molecule has 6 aliphatic carbocycles. The summed E-state index contributed by atoms with van der Waals surface area (Å²) in [7, 11) is 3.70. The number of rotatable bonds is 12. The number of esters is 1.